The van der Waals surface area contributed by atoms with Crippen molar-refractivity contribution in [2.45, 2.75) is 18.7 Å². The smallest absolute Gasteiger partial charge is 0.339 e. The third kappa shape index (κ3) is 5.76. The van der Waals surface area contributed by atoms with E-state index in [2.05, 4.69) is 10.3 Å². The van der Waals surface area contributed by atoms with Gasteiger partial charge in [-0.25, -0.2) is 0 Å². The molecule has 0 aliphatic heterocycles. The number of hydrogen-bond acceptors (Lipinski definition) is 5. The van der Waals surface area contributed by atoms with Crippen LogP contribution in [-0.2, 0) is 14.9 Å². The van der Waals surface area contributed by atoms with Gasteiger partial charge in [0.15, 0.2) is 0 Å². The zero-order valence-corrected chi connectivity index (χ0v) is 16.8. The van der Waals surface area contributed by atoms with Gasteiger partial charge in [0.1, 0.15) is 10.6 Å². The fourth-order valence-corrected chi connectivity index (χ4v) is 3.40. The molecule has 7 heteroatoms. The highest BCUT2D eigenvalue weighted by Gasteiger charge is 2.16. The van der Waals surface area contributed by atoms with E-state index in [4.69, 9.17) is 4.18 Å². The maximum atomic E-state index is 12.3. The Bertz CT molecular complexity index is 1120. The number of aliphatic imine (C=N–C) groups is 1. The number of nitrogens with zero attached hydrogens (tertiary/aromatic N) is 1. The molecule has 3 aromatic rings. The molecule has 1 amide bonds. The van der Waals surface area contributed by atoms with Gasteiger partial charge in [-0.05, 0) is 73.2 Å². The van der Waals surface area contributed by atoms with Crippen LogP contribution in [0, 0.1) is 6.92 Å². The van der Waals surface area contributed by atoms with E-state index in [1.807, 2.05) is 6.92 Å². The molecule has 0 saturated heterocycles. The first-order valence-electron chi connectivity index (χ1n) is 8.85. The second-order valence-electron chi connectivity index (χ2n) is 6.41. The van der Waals surface area contributed by atoms with Crippen molar-refractivity contribution in [2.75, 3.05) is 5.32 Å². The molecular formula is C22H20N2O4S. The lowest BCUT2D eigenvalue weighted by Gasteiger charge is -2.07. The fourth-order valence-electron chi connectivity index (χ4n) is 2.47. The molecule has 29 heavy (non-hydrogen) atoms. The second kappa shape index (κ2) is 8.70. The Morgan fingerprint density at radius 1 is 0.931 bits per heavy atom. The number of nitrogens with one attached hydrogen (secondary N) is 1. The Kier molecular flexibility index (Phi) is 6.09. The van der Waals surface area contributed by atoms with E-state index in [0.717, 1.165) is 16.8 Å². The number of anilines is 1. The lowest BCUT2D eigenvalue weighted by molar-refractivity contribution is -0.114. The van der Waals surface area contributed by atoms with Gasteiger partial charge in [-0.1, -0.05) is 17.7 Å². The molecule has 0 aliphatic carbocycles. The quantitative estimate of drug-likeness (QED) is 0.482. The van der Waals surface area contributed by atoms with Crippen LogP contribution in [0.5, 0.6) is 5.75 Å². The number of aryl methyl sites for hydroxylation is 1. The molecule has 0 aromatic heterocycles. The van der Waals surface area contributed by atoms with Crippen molar-refractivity contribution in [3.63, 3.8) is 0 Å². The summed E-state index contributed by atoms with van der Waals surface area (Å²) < 4.78 is 29.8. The summed E-state index contributed by atoms with van der Waals surface area (Å²) >= 11 is 0. The van der Waals surface area contributed by atoms with E-state index in [1.165, 1.54) is 19.1 Å². The largest absolute Gasteiger partial charge is 0.379 e. The van der Waals surface area contributed by atoms with Gasteiger partial charge in [-0.15, -0.1) is 0 Å². The Labute approximate surface area is 170 Å². The number of hydrogen-bond donors (Lipinski definition) is 1. The maximum Gasteiger partial charge on any atom is 0.339 e. The SMILES string of the molecule is CC(=O)Nc1ccc(N=Cc2ccc(OS(=O)(=O)c3ccc(C)cc3)cc2)cc1. The zero-order chi connectivity index (χ0) is 20.9. The number of amides is 1. The molecule has 0 unspecified atom stereocenters. The van der Waals surface area contributed by atoms with E-state index >= 15 is 0 Å². The third-order valence-electron chi connectivity index (χ3n) is 3.95. The number of rotatable bonds is 6. The van der Waals surface area contributed by atoms with Crippen LogP contribution in [-0.4, -0.2) is 20.5 Å². The molecular weight excluding hydrogens is 388 g/mol. The summed E-state index contributed by atoms with van der Waals surface area (Å²) in [4.78, 5) is 15.5. The van der Waals surface area contributed by atoms with E-state index in [-0.39, 0.29) is 16.6 Å². The predicted octanol–water partition coefficient (Wildman–Crippen LogP) is 4.47. The molecule has 1 N–H and O–H groups in total. The van der Waals surface area contributed by atoms with Gasteiger partial charge in [0.2, 0.25) is 5.91 Å². The first-order valence-corrected chi connectivity index (χ1v) is 10.3. The molecule has 3 aromatic carbocycles. The van der Waals surface area contributed by atoms with Gasteiger partial charge >= 0.3 is 10.1 Å². The third-order valence-corrected chi connectivity index (χ3v) is 5.21. The number of carbonyl (C=O) groups excluding carboxylic acids is 1. The summed E-state index contributed by atoms with van der Waals surface area (Å²) in [5.41, 5.74) is 3.18. The van der Waals surface area contributed by atoms with Crippen LogP contribution >= 0.6 is 0 Å². The van der Waals surface area contributed by atoms with Crippen molar-refractivity contribution in [2.24, 2.45) is 4.99 Å². The van der Waals surface area contributed by atoms with Gasteiger partial charge < -0.3 is 9.50 Å². The van der Waals surface area contributed by atoms with Crippen LogP contribution in [0.2, 0.25) is 0 Å². The van der Waals surface area contributed by atoms with Crippen LogP contribution in [0.4, 0.5) is 11.4 Å². The Morgan fingerprint density at radius 2 is 1.55 bits per heavy atom. The van der Waals surface area contributed by atoms with Crippen molar-refractivity contribution >= 4 is 33.6 Å². The van der Waals surface area contributed by atoms with Crippen molar-refractivity contribution < 1.29 is 17.4 Å². The monoisotopic (exact) mass is 408 g/mol. The summed E-state index contributed by atoms with van der Waals surface area (Å²) in [6, 6.07) is 20.2. The average molecular weight is 408 g/mol. The fraction of sp³-hybridized carbons (Fsp3) is 0.0909. The summed E-state index contributed by atoms with van der Waals surface area (Å²) in [5.74, 6) is 0.0929. The highest BCUT2D eigenvalue weighted by Crippen LogP contribution is 2.20. The van der Waals surface area contributed by atoms with Crippen molar-refractivity contribution in [3.05, 3.63) is 83.9 Å². The number of carbonyl (C=O) groups is 1. The lowest BCUT2D eigenvalue weighted by Crippen LogP contribution is -2.09. The minimum Gasteiger partial charge on any atom is -0.379 e. The molecule has 0 fully saturated rings. The minimum absolute atomic E-state index is 0.108. The molecule has 0 spiro atoms. The van der Waals surface area contributed by atoms with Gasteiger partial charge in [0.05, 0.1) is 5.69 Å². The molecule has 148 valence electrons. The van der Waals surface area contributed by atoms with Gasteiger partial charge in [-0.2, -0.15) is 8.42 Å². The summed E-state index contributed by atoms with van der Waals surface area (Å²) in [7, 11) is -3.87. The van der Waals surface area contributed by atoms with Crippen LogP contribution in [0.15, 0.2) is 82.7 Å². The molecule has 0 aliphatic rings. The van der Waals surface area contributed by atoms with Gasteiger partial charge in [-0.3, -0.25) is 9.79 Å². The highest BCUT2D eigenvalue weighted by molar-refractivity contribution is 7.87. The average Bonchev–Trinajstić information content (AvgIpc) is 2.68. The van der Waals surface area contributed by atoms with Crippen molar-refractivity contribution in [1.82, 2.24) is 0 Å². The zero-order valence-electron chi connectivity index (χ0n) is 16.0. The van der Waals surface area contributed by atoms with E-state index < -0.39 is 10.1 Å². The van der Waals surface area contributed by atoms with Crippen LogP contribution in [0.1, 0.15) is 18.1 Å². The first kappa shape index (κ1) is 20.3. The first-order chi connectivity index (χ1) is 13.8. The van der Waals surface area contributed by atoms with Crippen LogP contribution < -0.4 is 9.50 Å². The van der Waals surface area contributed by atoms with E-state index in [9.17, 15) is 13.2 Å². The van der Waals surface area contributed by atoms with Crippen LogP contribution in [0.25, 0.3) is 0 Å². The second-order valence-corrected chi connectivity index (χ2v) is 7.95. The summed E-state index contributed by atoms with van der Waals surface area (Å²) in [6.45, 7) is 3.33. The van der Waals surface area contributed by atoms with Gasteiger partial charge in [0, 0.05) is 18.8 Å². The molecule has 0 radical (unpaired) electrons. The van der Waals surface area contributed by atoms with E-state index in [1.54, 1.807) is 66.9 Å². The standard InChI is InChI=1S/C22H20N2O4S/c1-16-3-13-22(14-4-16)29(26,27)28-21-11-5-18(6-12-21)15-23-19-7-9-20(10-8-19)24-17(2)25/h3-15H,1-2H3,(H,24,25). The molecule has 0 saturated carbocycles. The molecule has 6 nitrogen and oxygen atoms in total. The van der Waals surface area contributed by atoms with Crippen molar-refractivity contribution in [3.8, 4) is 5.75 Å². The molecule has 3 rings (SSSR count). The lowest BCUT2D eigenvalue weighted by atomic mass is 10.2. The maximum absolute atomic E-state index is 12.3. The predicted molar refractivity (Wildman–Crippen MR) is 113 cm³/mol. The number of benzene rings is 3. The summed E-state index contributed by atoms with van der Waals surface area (Å²) in [6.07, 6.45) is 1.66. The molecule has 0 bridgehead atoms. The molecule has 0 atom stereocenters. The Morgan fingerprint density at radius 3 is 2.14 bits per heavy atom. The molecule has 0 heterocycles. The van der Waals surface area contributed by atoms with E-state index in [0.29, 0.717) is 5.69 Å². The normalized spacial score (nSPS) is 11.4. The Hall–Kier alpha value is -3.45. The summed E-state index contributed by atoms with van der Waals surface area (Å²) in [5, 5.41) is 2.69. The Balaban J connectivity index is 1.66. The minimum atomic E-state index is -3.87. The highest BCUT2D eigenvalue weighted by atomic mass is 32.2. The van der Waals surface area contributed by atoms with Crippen molar-refractivity contribution in [1.29, 1.82) is 0 Å². The van der Waals surface area contributed by atoms with Gasteiger partial charge in [0.25, 0.3) is 0 Å². The topological polar surface area (TPSA) is 84.8 Å². The van der Waals surface area contributed by atoms with Crippen LogP contribution in [0.3, 0.4) is 0 Å².